The molecule has 0 atom stereocenters. The molecule has 2 aromatic rings. The molecular formula is C15H17FN4O. The number of nitrogens with one attached hydrogen (secondary N) is 2. The van der Waals surface area contributed by atoms with Gasteiger partial charge in [-0.1, -0.05) is 12.1 Å². The predicted molar refractivity (Wildman–Crippen MR) is 79.8 cm³/mol. The number of rotatable bonds is 3. The Morgan fingerprint density at radius 2 is 1.86 bits per heavy atom. The van der Waals surface area contributed by atoms with Crippen LogP contribution in [0.25, 0.3) is 0 Å². The van der Waals surface area contributed by atoms with Gasteiger partial charge in [-0.25, -0.2) is 14.4 Å². The number of halogens is 1. The Kier molecular flexibility index (Phi) is 4.16. The largest absolute Gasteiger partial charge is 0.364 e. The summed E-state index contributed by atoms with van der Waals surface area (Å²) < 4.78 is 13.5. The zero-order chi connectivity index (χ0) is 15.5. The molecule has 1 aromatic carbocycles. The maximum atomic E-state index is 13.5. The fourth-order valence-electron chi connectivity index (χ4n) is 1.64. The van der Waals surface area contributed by atoms with Crippen molar-refractivity contribution >= 4 is 17.4 Å². The standard InChI is InChI=1S/C15H17FN4O/c1-15(2,3)20-13-9-17-12(8-18-13)14(21)19-11-7-5-4-6-10(11)16/h4-9H,1-3H3,(H,18,20)(H,19,21). The van der Waals surface area contributed by atoms with E-state index in [-0.39, 0.29) is 16.9 Å². The van der Waals surface area contributed by atoms with Gasteiger partial charge >= 0.3 is 0 Å². The molecule has 0 bridgehead atoms. The monoisotopic (exact) mass is 288 g/mol. The average molecular weight is 288 g/mol. The second-order valence-electron chi connectivity index (χ2n) is 5.60. The fraction of sp³-hybridized carbons (Fsp3) is 0.267. The van der Waals surface area contributed by atoms with Crippen molar-refractivity contribution in [1.29, 1.82) is 0 Å². The zero-order valence-corrected chi connectivity index (χ0v) is 12.1. The molecule has 110 valence electrons. The van der Waals surface area contributed by atoms with E-state index >= 15 is 0 Å². The van der Waals surface area contributed by atoms with Gasteiger partial charge in [0, 0.05) is 5.54 Å². The molecule has 0 saturated carbocycles. The van der Waals surface area contributed by atoms with Gasteiger partial charge in [-0.2, -0.15) is 0 Å². The molecular weight excluding hydrogens is 271 g/mol. The highest BCUT2D eigenvalue weighted by atomic mass is 19.1. The number of hydrogen-bond donors (Lipinski definition) is 2. The summed E-state index contributed by atoms with van der Waals surface area (Å²) >= 11 is 0. The van der Waals surface area contributed by atoms with E-state index in [9.17, 15) is 9.18 Å². The first kappa shape index (κ1) is 14.9. The summed E-state index contributed by atoms with van der Waals surface area (Å²) in [6.45, 7) is 5.98. The average Bonchev–Trinajstić information content (AvgIpc) is 2.40. The first-order chi connectivity index (χ1) is 9.85. The van der Waals surface area contributed by atoms with E-state index in [4.69, 9.17) is 0 Å². The molecule has 0 aliphatic heterocycles. The van der Waals surface area contributed by atoms with Gasteiger partial charge in [-0.05, 0) is 32.9 Å². The van der Waals surface area contributed by atoms with Crippen molar-refractivity contribution in [3.63, 3.8) is 0 Å². The molecule has 0 radical (unpaired) electrons. The topological polar surface area (TPSA) is 66.9 Å². The molecule has 0 aliphatic rings. The Balaban J connectivity index is 2.08. The molecule has 1 amide bonds. The normalized spacial score (nSPS) is 11.0. The van der Waals surface area contributed by atoms with Gasteiger partial charge in [0.05, 0.1) is 18.1 Å². The summed E-state index contributed by atoms with van der Waals surface area (Å²) in [4.78, 5) is 20.1. The van der Waals surface area contributed by atoms with Crippen LogP contribution in [-0.2, 0) is 0 Å². The summed E-state index contributed by atoms with van der Waals surface area (Å²) in [5, 5.41) is 5.60. The molecule has 2 N–H and O–H groups in total. The second kappa shape index (κ2) is 5.87. The molecule has 0 saturated heterocycles. The Morgan fingerprint density at radius 1 is 1.14 bits per heavy atom. The van der Waals surface area contributed by atoms with Crippen molar-refractivity contribution in [2.45, 2.75) is 26.3 Å². The number of carbonyl (C=O) groups is 1. The number of nitrogens with zero attached hydrogens (tertiary/aromatic N) is 2. The second-order valence-corrected chi connectivity index (χ2v) is 5.60. The SMILES string of the molecule is CC(C)(C)Nc1cnc(C(=O)Nc2ccccc2F)cn1. The Bertz CT molecular complexity index is 635. The van der Waals surface area contributed by atoms with Crippen molar-refractivity contribution in [2.24, 2.45) is 0 Å². The number of aromatic nitrogens is 2. The summed E-state index contributed by atoms with van der Waals surface area (Å²) in [7, 11) is 0. The molecule has 2 rings (SSSR count). The van der Waals surface area contributed by atoms with Crippen molar-refractivity contribution in [1.82, 2.24) is 9.97 Å². The minimum absolute atomic E-state index is 0.112. The van der Waals surface area contributed by atoms with E-state index in [0.717, 1.165) is 0 Å². The minimum Gasteiger partial charge on any atom is -0.364 e. The van der Waals surface area contributed by atoms with Crippen LogP contribution in [0.4, 0.5) is 15.9 Å². The van der Waals surface area contributed by atoms with Crippen LogP contribution in [0, 0.1) is 5.82 Å². The third-order valence-corrected chi connectivity index (χ3v) is 2.51. The van der Waals surface area contributed by atoms with Gasteiger partial charge < -0.3 is 10.6 Å². The van der Waals surface area contributed by atoms with E-state index in [2.05, 4.69) is 20.6 Å². The van der Waals surface area contributed by atoms with Crippen LogP contribution in [-0.4, -0.2) is 21.4 Å². The van der Waals surface area contributed by atoms with Gasteiger partial charge in [0.1, 0.15) is 17.3 Å². The lowest BCUT2D eigenvalue weighted by molar-refractivity contribution is 0.102. The number of carbonyl (C=O) groups excluding carboxylic acids is 1. The van der Waals surface area contributed by atoms with E-state index < -0.39 is 11.7 Å². The zero-order valence-electron chi connectivity index (χ0n) is 12.1. The van der Waals surface area contributed by atoms with Gasteiger partial charge in [0.2, 0.25) is 0 Å². The lowest BCUT2D eigenvalue weighted by Crippen LogP contribution is -2.27. The van der Waals surface area contributed by atoms with Crippen molar-refractivity contribution in [2.75, 3.05) is 10.6 Å². The van der Waals surface area contributed by atoms with E-state index in [1.165, 1.54) is 24.5 Å². The Morgan fingerprint density at radius 3 is 2.43 bits per heavy atom. The van der Waals surface area contributed by atoms with E-state index in [1.54, 1.807) is 12.1 Å². The highest BCUT2D eigenvalue weighted by Crippen LogP contribution is 2.14. The third kappa shape index (κ3) is 4.24. The van der Waals surface area contributed by atoms with Crippen molar-refractivity contribution in [3.05, 3.63) is 48.2 Å². The summed E-state index contributed by atoms with van der Waals surface area (Å²) in [6.07, 6.45) is 2.83. The predicted octanol–water partition coefficient (Wildman–Crippen LogP) is 3.08. The van der Waals surface area contributed by atoms with Crippen LogP contribution >= 0.6 is 0 Å². The minimum atomic E-state index is -0.505. The maximum Gasteiger partial charge on any atom is 0.275 e. The van der Waals surface area contributed by atoms with Crippen LogP contribution in [0.3, 0.4) is 0 Å². The molecule has 1 aromatic heterocycles. The number of amides is 1. The first-order valence-electron chi connectivity index (χ1n) is 6.51. The van der Waals surface area contributed by atoms with Crippen LogP contribution in [0.5, 0.6) is 0 Å². The molecule has 0 spiro atoms. The highest BCUT2D eigenvalue weighted by Gasteiger charge is 2.13. The molecule has 21 heavy (non-hydrogen) atoms. The molecule has 5 nitrogen and oxygen atoms in total. The van der Waals surface area contributed by atoms with Gasteiger partial charge in [0.25, 0.3) is 5.91 Å². The van der Waals surface area contributed by atoms with Gasteiger partial charge in [-0.15, -0.1) is 0 Å². The van der Waals surface area contributed by atoms with Crippen LogP contribution < -0.4 is 10.6 Å². The summed E-state index contributed by atoms with van der Waals surface area (Å²) in [5.74, 6) is -0.426. The molecule has 0 unspecified atom stereocenters. The lowest BCUT2D eigenvalue weighted by atomic mass is 10.1. The number of anilines is 2. The van der Waals surface area contributed by atoms with Gasteiger partial charge in [0.15, 0.2) is 0 Å². The summed E-state index contributed by atoms with van der Waals surface area (Å²) in [6, 6.07) is 5.95. The quantitative estimate of drug-likeness (QED) is 0.911. The fourth-order valence-corrected chi connectivity index (χ4v) is 1.64. The maximum absolute atomic E-state index is 13.5. The van der Waals surface area contributed by atoms with Gasteiger partial charge in [-0.3, -0.25) is 4.79 Å². The summed E-state index contributed by atoms with van der Waals surface area (Å²) in [5.41, 5.74) is 0.0879. The lowest BCUT2D eigenvalue weighted by Gasteiger charge is -2.20. The third-order valence-electron chi connectivity index (χ3n) is 2.51. The van der Waals surface area contributed by atoms with E-state index in [1.807, 2.05) is 20.8 Å². The van der Waals surface area contributed by atoms with E-state index in [0.29, 0.717) is 5.82 Å². The van der Waals surface area contributed by atoms with Crippen molar-refractivity contribution < 1.29 is 9.18 Å². The highest BCUT2D eigenvalue weighted by molar-refractivity contribution is 6.02. The molecule has 1 heterocycles. The Labute approximate surface area is 122 Å². The number of hydrogen-bond acceptors (Lipinski definition) is 4. The molecule has 0 aliphatic carbocycles. The number of para-hydroxylation sites is 1. The number of benzene rings is 1. The molecule has 6 heteroatoms. The smallest absolute Gasteiger partial charge is 0.275 e. The van der Waals surface area contributed by atoms with Crippen LogP contribution in [0.2, 0.25) is 0 Å². The van der Waals surface area contributed by atoms with Crippen molar-refractivity contribution in [3.8, 4) is 0 Å². The molecule has 0 fully saturated rings. The first-order valence-corrected chi connectivity index (χ1v) is 6.51. The Hall–Kier alpha value is -2.50. The van der Waals surface area contributed by atoms with Crippen LogP contribution in [0.1, 0.15) is 31.3 Å². The van der Waals surface area contributed by atoms with Crippen LogP contribution in [0.15, 0.2) is 36.7 Å².